The lowest BCUT2D eigenvalue weighted by molar-refractivity contribution is 0.0532. The molecule has 2 N–H and O–H groups in total. The zero-order valence-electron chi connectivity index (χ0n) is 13.4. The van der Waals surface area contributed by atoms with Gasteiger partial charge in [-0.05, 0) is 57.7 Å². The summed E-state index contributed by atoms with van der Waals surface area (Å²) in [6, 6.07) is 2.47. The number of rotatable bonds is 6. The lowest BCUT2D eigenvalue weighted by Crippen LogP contribution is -2.52. The molecule has 0 amide bonds. The molecule has 2 heterocycles. The van der Waals surface area contributed by atoms with Gasteiger partial charge >= 0.3 is 0 Å². The van der Waals surface area contributed by atoms with Crippen LogP contribution in [0.4, 0.5) is 0 Å². The van der Waals surface area contributed by atoms with Crippen molar-refractivity contribution in [1.29, 1.82) is 0 Å². The second-order valence-electron chi connectivity index (χ2n) is 7.51. The van der Waals surface area contributed by atoms with Crippen molar-refractivity contribution in [3.63, 3.8) is 0 Å². The Morgan fingerprint density at radius 2 is 1.79 bits per heavy atom. The van der Waals surface area contributed by atoms with Crippen LogP contribution in [0.5, 0.6) is 0 Å². The smallest absolute Gasteiger partial charge is 0.0125 e. The molecule has 0 aliphatic carbocycles. The summed E-state index contributed by atoms with van der Waals surface area (Å²) in [5, 5.41) is 0. The van der Waals surface area contributed by atoms with Gasteiger partial charge in [-0.15, -0.1) is 0 Å². The molecular weight excluding hydrogens is 234 g/mol. The Morgan fingerprint density at radius 1 is 1.21 bits per heavy atom. The summed E-state index contributed by atoms with van der Waals surface area (Å²) in [7, 11) is 2.33. The van der Waals surface area contributed by atoms with Crippen LogP contribution in [-0.4, -0.2) is 54.6 Å². The second-order valence-corrected chi connectivity index (χ2v) is 7.51. The number of hydrogen-bond acceptors (Lipinski definition) is 3. The molecule has 3 nitrogen and oxygen atoms in total. The maximum Gasteiger partial charge on any atom is 0.0125 e. The molecule has 3 heteroatoms. The molecule has 2 aliphatic rings. The molecule has 2 atom stereocenters. The highest BCUT2D eigenvalue weighted by molar-refractivity contribution is 4.97. The van der Waals surface area contributed by atoms with Crippen molar-refractivity contribution in [3.05, 3.63) is 0 Å². The lowest BCUT2D eigenvalue weighted by Gasteiger charge is -2.44. The quantitative estimate of drug-likeness (QED) is 0.801. The molecule has 0 spiro atoms. The van der Waals surface area contributed by atoms with Crippen LogP contribution in [0.3, 0.4) is 0 Å². The average Bonchev–Trinajstić information content (AvgIpc) is 2.61. The predicted octanol–water partition coefficient (Wildman–Crippen LogP) is 2.31. The molecular formula is C16H33N3. The first-order chi connectivity index (χ1) is 8.96. The van der Waals surface area contributed by atoms with E-state index in [1.165, 1.54) is 38.6 Å². The van der Waals surface area contributed by atoms with Crippen LogP contribution in [0.1, 0.15) is 52.9 Å². The van der Waals surface area contributed by atoms with Crippen molar-refractivity contribution in [2.45, 2.75) is 71.0 Å². The minimum Gasteiger partial charge on any atom is -0.330 e. The highest BCUT2D eigenvalue weighted by Crippen LogP contribution is 2.37. The van der Waals surface area contributed by atoms with E-state index in [0.29, 0.717) is 0 Å². The number of fused-ring (bicyclic) bond motifs is 2. The summed E-state index contributed by atoms with van der Waals surface area (Å²) in [6.45, 7) is 10.1. The van der Waals surface area contributed by atoms with Crippen molar-refractivity contribution in [2.75, 3.05) is 26.7 Å². The van der Waals surface area contributed by atoms with Crippen molar-refractivity contribution >= 4 is 0 Å². The summed E-state index contributed by atoms with van der Waals surface area (Å²) in [6.07, 6.45) is 6.82. The van der Waals surface area contributed by atoms with Gasteiger partial charge in [-0.25, -0.2) is 0 Å². The van der Waals surface area contributed by atoms with E-state index in [-0.39, 0.29) is 5.41 Å². The van der Waals surface area contributed by atoms with Gasteiger partial charge in [0.2, 0.25) is 0 Å². The standard InChI is InChI=1S/C16H33N3/c1-5-8-19(12-16(2,3)11-17)15-9-13-6-7-14(10-15)18(13)4/h13-15H,5-12,17H2,1-4H3. The van der Waals surface area contributed by atoms with E-state index in [2.05, 4.69) is 37.6 Å². The Balaban J connectivity index is 2.00. The Bertz CT molecular complexity index is 276. The van der Waals surface area contributed by atoms with Gasteiger partial charge in [0.15, 0.2) is 0 Å². The van der Waals surface area contributed by atoms with Crippen LogP contribution in [0.25, 0.3) is 0 Å². The SMILES string of the molecule is CCCN(CC(C)(C)CN)C1CC2CCC(C1)N2C. The molecule has 2 bridgehead atoms. The van der Waals surface area contributed by atoms with Gasteiger partial charge in [0.25, 0.3) is 0 Å². The molecule has 0 saturated carbocycles. The third-order valence-corrected chi connectivity index (χ3v) is 5.28. The van der Waals surface area contributed by atoms with E-state index in [9.17, 15) is 0 Å². The fourth-order valence-electron chi connectivity index (χ4n) is 3.97. The minimum atomic E-state index is 0.248. The molecule has 2 unspecified atom stereocenters. The van der Waals surface area contributed by atoms with Gasteiger partial charge < -0.3 is 10.6 Å². The summed E-state index contributed by atoms with van der Waals surface area (Å²) in [5.74, 6) is 0. The normalized spacial score (nSPS) is 32.2. The van der Waals surface area contributed by atoms with Crippen molar-refractivity contribution in [1.82, 2.24) is 9.80 Å². The topological polar surface area (TPSA) is 32.5 Å². The lowest BCUT2D eigenvalue weighted by atomic mass is 9.89. The van der Waals surface area contributed by atoms with E-state index in [1.54, 1.807) is 0 Å². The van der Waals surface area contributed by atoms with Crippen molar-refractivity contribution < 1.29 is 0 Å². The molecule has 0 radical (unpaired) electrons. The van der Waals surface area contributed by atoms with Crippen LogP contribution in [0, 0.1) is 5.41 Å². The average molecular weight is 267 g/mol. The first-order valence-corrected chi connectivity index (χ1v) is 8.13. The van der Waals surface area contributed by atoms with E-state index in [1.807, 2.05) is 0 Å². The maximum atomic E-state index is 5.93. The Morgan fingerprint density at radius 3 is 2.26 bits per heavy atom. The monoisotopic (exact) mass is 267 g/mol. The summed E-state index contributed by atoms with van der Waals surface area (Å²) < 4.78 is 0. The molecule has 0 aromatic carbocycles. The highest BCUT2D eigenvalue weighted by atomic mass is 15.2. The van der Waals surface area contributed by atoms with E-state index >= 15 is 0 Å². The van der Waals surface area contributed by atoms with Gasteiger partial charge in [-0.2, -0.15) is 0 Å². The molecule has 2 saturated heterocycles. The first-order valence-electron chi connectivity index (χ1n) is 8.13. The van der Waals surface area contributed by atoms with Crippen LogP contribution < -0.4 is 5.73 Å². The van der Waals surface area contributed by atoms with E-state index in [0.717, 1.165) is 31.2 Å². The van der Waals surface area contributed by atoms with Crippen LogP contribution in [-0.2, 0) is 0 Å². The van der Waals surface area contributed by atoms with E-state index in [4.69, 9.17) is 5.73 Å². The Labute approximate surface area is 119 Å². The second kappa shape index (κ2) is 6.11. The number of piperidine rings is 1. The van der Waals surface area contributed by atoms with Gasteiger partial charge in [0.05, 0.1) is 0 Å². The predicted molar refractivity (Wildman–Crippen MR) is 82.3 cm³/mol. The highest BCUT2D eigenvalue weighted by Gasteiger charge is 2.40. The van der Waals surface area contributed by atoms with Gasteiger partial charge in [-0.3, -0.25) is 4.90 Å². The van der Waals surface area contributed by atoms with Crippen molar-refractivity contribution in [2.24, 2.45) is 11.1 Å². The van der Waals surface area contributed by atoms with Crippen molar-refractivity contribution in [3.8, 4) is 0 Å². The fraction of sp³-hybridized carbons (Fsp3) is 1.00. The first kappa shape index (κ1) is 15.3. The summed E-state index contributed by atoms with van der Waals surface area (Å²) >= 11 is 0. The molecule has 19 heavy (non-hydrogen) atoms. The minimum absolute atomic E-state index is 0.248. The molecule has 2 rings (SSSR count). The maximum absolute atomic E-state index is 5.93. The molecule has 112 valence electrons. The summed E-state index contributed by atoms with van der Waals surface area (Å²) in [5.41, 5.74) is 6.18. The van der Waals surface area contributed by atoms with Crippen LogP contribution >= 0.6 is 0 Å². The Hall–Kier alpha value is -0.120. The number of nitrogens with zero attached hydrogens (tertiary/aromatic N) is 2. The number of nitrogens with two attached hydrogens (primary N) is 1. The van der Waals surface area contributed by atoms with E-state index < -0.39 is 0 Å². The fourth-order valence-corrected chi connectivity index (χ4v) is 3.97. The van der Waals surface area contributed by atoms with Gasteiger partial charge in [-0.1, -0.05) is 20.8 Å². The number of hydrogen-bond donors (Lipinski definition) is 1. The molecule has 2 fully saturated rings. The molecule has 2 aliphatic heterocycles. The zero-order chi connectivity index (χ0) is 14.0. The van der Waals surface area contributed by atoms with Gasteiger partial charge in [0, 0.05) is 24.7 Å². The third-order valence-electron chi connectivity index (χ3n) is 5.28. The summed E-state index contributed by atoms with van der Waals surface area (Å²) in [4.78, 5) is 5.37. The third kappa shape index (κ3) is 3.50. The Kier molecular flexibility index (Phi) is 4.91. The van der Waals surface area contributed by atoms with Gasteiger partial charge in [0.1, 0.15) is 0 Å². The van der Waals surface area contributed by atoms with Crippen LogP contribution in [0.15, 0.2) is 0 Å². The van der Waals surface area contributed by atoms with Crippen LogP contribution in [0.2, 0.25) is 0 Å². The molecule has 0 aromatic rings. The zero-order valence-corrected chi connectivity index (χ0v) is 13.4. The molecule has 0 aromatic heterocycles. The largest absolute Gasteiger partial charge is 0.330 e.